The van der Waals surface area contributed by atoms with E-state index in [1.165, 1.54) is 23.2 Å². The summed E-state index contributed by atoms with van der Waals surface area (Å²) in [6.07, 6.45) is 5.13. The van der Waals surface area contributed by atoms with Crippen LogP contribution in [0.1, 0.15) is 12.0 Å². The van der Waals surface area contributed by atoms with Gasteiger partial charge in [-0.15, -0.1) is 0 Å². The molecule has 24 heavy (non-hydrogen) atoms. The van der Waals surface area contributed by atoms with Crippen LogP contribution in [-0.2, 0) is 6.54 Å². The molecule has 0 amide bonds. The van der Waals surface area contributed by atoms with Gasteiger partial charge in [0, 0.05) is 18.9 Å². The Hall–Kier alpha value is -3.47. The molecular weight excluding hydrogens is 310 g/mol. The third kappa shape index (κ3) is 3.47. The molecule has 0 aliphatic heterocycles. The van der Waals surface area contributed by atoms with Gasteiger partial charge < -0.3 is 4.74 Å². The van der Waals surface area contributed by atoms with Crippen LogP contribution in [0, 0.1) is 11.3 Å². The Morgan fingerprint density at radius 1 is 1.33 bits per heavy atom. The summed E-state index contributed by atoms with van der Waals surface area (Å²) in [6, 6.07) is 8.95. The second-order valence-electron chi connectivity index (χ2n) is 4.86. The van der Waals surface area contributed by atoms with Crippen molar-refractivity contribution in [2.24, 2.45) is 0 Å². The molecule has 2 heterocycles. The molecule has 3 rings (SSSR count). The van der Waals surface area contributed by atoms with Crippen molar-refractivity contribution in [1.82, 2.24) is 19.7 Å². The summed E-state index contributed by atoms with van der Waals surface area (Å²) in [5.74, 6) is 0.391. The molecule has 0 bridgehead atoms. The highest BCUT2D eigenvalue weighted by Crippen LogP contribution is 2.14. The lowest BCUT2D eigenvalue weighted by Gasteiger charge is -2.07. The third-order valence-electron chi connectivity index (χ3n) is 3.24. The zero-order valence-corrected chi connectivity index (χ0v) is 12.6. The standard InChI is InChI=1S/C16H13N5O3/c17-10-12-3-1-4-13(9-12)23-8-2-7-21-15(20-24-16(21)22)14-11-18-5-6-19-14/h1,3-6,9,11H,2,7-8H2. The van der Waals surface area contributed by atoms with Gasteiger partial charge in [-0.3, -0.25) is 14.1 Å². The molecule has 0 radical (unpaired) electrons. The van der Waals surface area contributed by atoms with E-state index >= 15 is 0 Å². The maximum absolute atomic E-state index is 11.8. The molecule has 0 unspecified atom stereocenters. The first-order valence-electron chi connectivity index (χ1n) is 7.24. The first-order chi connectivity index (χ1) is 11.8. The van der Waals surface area contributed by atoms with Gasteiger partial charge >= 0.3 is 5.76 Å². The highest BCUT2D eigenvalue weighted by molar-refractivity contribution is 5.46. The summed E-state index contributed by atoms with van der Waals surface area (Å²) in [5.41, 5.74) is 0.999. The van der Waals surface area contributed by atoms with Crippen molar-refractivity contribution in [3.05, 3.63) is 59.0 Å². The first-order valence-corrected chi connectivity index (χ1v) is 7.24. The van der Waals surface area contributed by atoms with Crippen LogP contribution in [0.25, 0.3) is 11.5 Å². The van der Waals surface area contributed by atoms with Gasteiger partial charge in [-0.2, -0.15) is 5.26 Å². The molecule has 8 heteroatoms. The van der Waals surface area contributed by atoms with Gasteiger partial charge in [0.05, 0.1) is 24.4 Å². The normalized spacial score (nSPS) is 10.3. The summed E-state index contributed by atoms with van der Waals surface area (Å²) < 4.78 is 11.7. The maximum Gasteiger partial charge on any atom is 0.441 e. The molecule has 2 aromatic heterocycles. The summed E-state index contributed by atoms with van der Waals surface area (Å²) in [7, 11) is 0. The molecular formula is C16H13N5O3. The average Bonchev–Trinajstić information content (AvgIpc) is 3.00. The average molecular weight is 323 g/mol. The predicted octanol–water partition coefficient (Wildman–Crippen LogP) is 1.63. The topological polar surface area (TPSA) is 107 Å². The second kappa shape index (κ2) is 7.19. The number of nitrogens with zero attached hydrogens (tertiary/aromatic N) is 5. The summed E-state index contributed by atoms with van der Waals surface area (Å²) in [4.78, 5) is 19.8. The molecule has 0 fully saturated rings. The maximum atomic E-state index is 11.8. The second-order valence-corrected chi connectivity index (χ2v) is 4.86. The third-order valence-corrected chi connectivity index (χ3v) is 3.24. The van der Waals surface area contributed by atoms with E-state index in [0.717, 1.165) is 0 Å². The quantitative estimate of drug-likeness (QED) is 0.634. The molecule has 120 valence electrons. The van der Waals surface area contributed by atoms with E-state index in [0.29, 0.717) is 42.4 Å². The number of hydrogen-bond donors (Lipinski definition) is 0. The Balaban J connectivity index is 1.62. The molecule has 0 aliphatic carbocycles. The largest absolute Gasteiger partial charge is 0.493 e. The van der Waals surface area contributed by atoms with Gasteiger partial charge in [-0.1, -0.05) is 11.2 Å². The minimum Gasteiger partial charge on any atom is -0.493 e. The van der Waals surface area contributed by atoms with E-state index < -0.39 is 5.76 Å². The van der Waals surface area contributed by atoms with Crippen LogP contribution in [0.5, 0.6) is 5.75 Å². The minimum atomic E-state index is -0.554. The number of nitriles is 1. The van der Waals surface area contributed by atoms with Gasteiger partial charge in [0.15, 0.2) is 0 Å². The van der Waals surface area contributed by atoms with Crippen LogP contribution < -0.4 is 10.5 Å². The summed E-state index contributed by atoms with van der Waals surface area (Å²) >= 11 is 0. The Morgan fingerprint density at radius 3 is 3.04 bits per heavy atom. The van der Waals surface area contributed by atoms with Gasteiger partial charge in [0.25, 0.3) is 0 Å². The van der Waals surface area contributed by atoms with Crippen LogP contribution in [0.2, 0.25) is 0 Å². The SMILES string of the molecule is N#Cc1cccc(OCCCn2c(-c3cnccn3)noc2=O)c1. The zero-order valence-electron chi connectivity index (χ0n) is 12.6. The number of benzene rings is 1. The Kier molecular flexibility index (Phi) is 4.62. The Morgan fingerprint density at radius 2 is 2.25 bits per heavy atom. The van der Waals surface area contributed by atoms with Crippen molar-refractivity contribution in [1.29, 1.82) is 5.26 Å². The molecule has 0 N–H and O–H groups in total. The van der Waals surface area contributed by atoms with Gasteiger partial charge in [0.2, 0.25) is 5.82 Å². The van der Waals surface area contributed by atoms with E-state index in [4.69, 9.17) is 14.5 Å². The minimum absolute atomic E-state index is 0.333. The fourth-order valence-electron chi connectivity index (χ4n) is 2.13. The molecule has 0 spiro atoms. The lowest BCUT2D eigenvalue weighted by molar-refractivity contribution is 0.298. The van der Waals surface area contributed by atoms with E-state index in [1.54, 1.807) is 24.3 Å². The highest BCUT2D eigenvalue weighted by atomic mass is 16.5. The molecule has 3 aromatic rings. The highest BCUT2D eigenvalue weighted by Gasteiger charge is 2.13. The number of hydrogen-bond acceptors (Lipinski definition) is 7. The van der Waals surface area contributed by atoms with Gasteiger partial charge in [-0.25, -0.2) is 9.78 Å². The van der Waals surface area contributed by atoms with Crippen LogP contribution in [-0.4, -0.2) is 26.3 Å². The molecule has 0 atom stereocenters. The number of rotatable bonds is 6. The van der Waals surface area contributed by atoms with E-state index in [2.05, 4.69) is 21.2 Å². The fourth-order valence-corrected chi connectivity index (χ4v) is 2.13. The van der Waals surface area contributed by atoms with Crippen LogP contribution >= 0.6 is 0 Å². The van der Waals surface area contributed by atoms with Crippen LogP contribution in [0.3, 0.4) is 0 Å². The molecule has 8 nitrogen and oxygen atoms in total. The summed E-state index contributed by atoms with van der Waals surface area (Å²) in [6.45, 7) is 0.749. The van der Waals surface area contributed by atoms with E-state index in [-0.39, 0.29) is 0 Å². The first kappa shape index (κ1) is 15.4. The van der Waals surface area contributed by atoms with E-state index in [1.807, 2.05) is 0 Å². The predicted molar refractivity (Wildman–Crippen MR) is 83.1 cm³/mol. The Bertz CT molecular complexity index is 911. The molecule has 0 aliphatic rings. The lowest BCUT2D eigenvalue weighted by atomic mass is 10.2. The fraction of sp³-hybridized carbons (Fsp3) is 0.188. The van der Waals surface area contributed by atoms with Gasteiger partial charge in [0.1, 0.15) is 11.4 Å². The molecule has 0 saturated carbocycles. The van der Waals surface area contributed by atoms with Crippen molar-refractivity contribution in [2.75, 3.05) is 6.61 Å². The monoisotopic (exact) mass is 323 g/mol. The zero-order chi connectivity index (χ0) is 16.8. The van der Waals surface area contributed by atoms with Crippen molar-refractivity contribution in [3.8, 4) is 23.3 Å². The molecule has 0 saturated heterocycles. The number of ether oxygens (including phenoxy) is 1. The summed E-state index contributed by atoms with van der Waals surface area (Å²) in [5, 5.41) is 12.6. The van der Waals surface area contributed by atoms with Crippen molar-refractivity contribution in [2.45, 2.75) is 13.0 Å². The van der Waals surface area contributed by atoms with Crippen molar-refractivity contribution < 1.29 is 9.26 Å². The smallest absolute Gasteiger partial charge is 0.441 e. The van der Waals surface area contributed by atoms with E-state index in [9.17, 15) is 4.79 Å². The number of aromatic nitrogens is 4. The van der Waals surface area contributed by atoms with Crippen molar-refractivity contribution >= 4 is 0 Å². The lowest BCUT2D eigenvalue weighted by Crippen LogP contribution is -2.17. The van der Waals surface area contributed by atoms with Gasteiger partial charge in [-0.05, 0) is 24.6 Å². The van der Waals surface area contributed by atoms with Crippen LogP contribution in [0.15, 0.2) is 52.2 Å². The Labute approximate surface area is 137 Å². The molecule has 1 aromatic carbocycles. The van der Waals surface area contributed by atoms with Crippen LogP contribution in [0.4, 0.5) is 0 Å². The van der Waals surface area contributed by atoms with Crippen molar-refractivity contribution in [3.63, 3.8) is 0 Å².